The Hall–Kier alpha value is -2.56. The molecule has 5 nitrogen and oxygen atoms in total. The molecule has 2 rings (SSSR count). The second-order valence-electron chi connectivity index (χ2n) is 6.31. The maximum atomic E-state index is 11.6. The highest BCUT2D eigenvalue weighted by molar-refractivity contribution is 5.69. The second kappa shape index (κ2) is 11.1. The highest BCUT2D eigenvalue weighted by Gasteiger charge is 2.11. The van der Waals surface area contributed by atoms with Crippen molar-refractivity contribution < 1.29 is 14.3 Å². The van der Waals surface area contributed by atoms with E-state index >= 15 is 0 Å². The summed E-state index contributed by atoms with van der Waals surface area (Å²) in [6.07, 6.45) is 3.93. The third kappa shape index (κ3) is 7.55. The number of nitrogens with zero attached hydrogens (tertiary/aromatic N) is 1. The van der Waals surface area contributed by atoms with Crippen molar-refractivity contribution in [1.29, 1.82) is 0 Å². The van der Waals surface area contributed by atoms with Gasteiger partial charge in [0.25, 0.3) is 0 Å². The Kier molecular flexibility index (Phi) is 8.46. The molecule has 2 aromatic rings. The average Bonchev–Trinajstić information content (AvgIpc) is 2.62. The van der Waals surface area contributed by atoms with Crippen LogP contribution in [0.1, 0.15) is 32.3 Å². The van der Waals surface area contributed by atoms with Crippen LogP contribution >= 0.6 is 0 Å². The molecular weight excluding hydrogens is 328 g/mol. The van der Waals surface area contributed by atoms with Gasteiger partial charge in [-0.15, -0.1) is 0 Å². The predicted molar refractivity (Wildman–Crippen MR) is 103 cm³/mol. The van der Waals surface area contributed by atoms with Crippen LogP contribution in [0.3, 0.4) is 0 Å². The van der Waals surface area contributed by atoms with Gasteiger partial charge in [-0.25, -0.2) is 4.98 Å². The lowest BCUT2D eigenvalue weighted by Crippen LogP contribution is -2.11. The van der Waals surface area contributed by atoms with E-state index in [-0.39, 0.29) is 11.9 Å². The summed E-state index contributed by atoms with van der Waals surface area (Å²) >= 11 is 0. The number of rotatable bonds is 11. The van der Waals surface area contributed by atoms with Crippen LogP contribution in [-0.2, 0) is 16.0 Å². The van der Waals surface area contributed by atoms with Gasteiger partial charge in [0.2, 0.25) is 0 Å². The van der Waals surface area contributed by atoms with E-state index < -0.39 is 0 Å². The van der Waals surface area contributed by atoms with Crippen LogP contribution < -0.4 is 10.1 Å². The standard InChI is InChI=1S/C21H28N2O3/c1-3-25-21(24)15-17(2)14-18-8-6-9-19(16-18)26-13-7-12-23-20-10-4-5-11-22-20/h4-6,8-11,16-17H,3,7,12-15H2,1-2H3,(H,22,23). The lowest BCUT2D eigenvalue weighted by atomic mass is 9.98. The first-order valence-corrected chi connectivity index (χ1v) is 9.19. The largest absolute Gasteiger partial charge is 0.494 e. The van der Waals surface area contributed by atoms with E-state index in [0.29, 0.717) is 19.6 Å². The molecule has 0 aliphatic heterocycles. The Bertz CT molecular complexity index is 661. The van der Waals surface area contributed by atoms with E-state index in [9.17, 15) is 4.79 Å². The molecule has 26 heavy (non-hydrogen) atoms. The van der Waals surface area contributed by atoms with Gasteiger partial charge in [-0.05, 0) is 55.5 Å². The van der Waals surface area contributed by atoms with Crippen LogP contribution in [0.2, 0.25) is 0 Å². The van der Waals surface area contributed by atoms with Crippen LogP contribution in [0.15, 0.2) is 48.7 Å². The zero-order valence-corrected chi connectivity index (χ0v) is 15.6. The molecule has 1 atom stereocenters. The summed E-state index contributed by atoms with van der Waals surface area (Å²) in [4.78, 5) is 15.8. The molecule has 1 N–H and O–H groups in total. The molecule has 1 unspecified atom stereocenters. The number of carbonyl (C=O) groups excluding carboxylic acids is 1. The molecule has 140 valence electrons. The molecule has 0 spiro atoms. The van der Waals surface area contributed by atoms with Crippen molar-refractivity contribution in [2.24, 2.45) is 5.92 Å². The smallest absolute Gasteiger partial charge is 0.306 e. The van der Waals surface area contributed by atoms with Crippen molar-refractivity contribution >= 4 is 11.8 Å². The number of anilines is 1. The Balaban J connectivity index is 1.70. The summed E-state index contributed by atoms with van der Waals surface area (Å²) in [5.41, 5.74) is 1.17. The molecule has 0 amide bonds. The van der Waals surface area contributed by atoms with Gasteiger partial charge in [0, 0.05) is 19.2 Å². The van der Waals surface area contributed by atoms with Crippen LogP contribution in [0.5, 0.6) is 5.75 Å². The van der Waals surface area contributed by atoms with Crippen LogP contribution in [0.25, 0.3) is 0 Å². The number of hydrogen-bond donors (Lipinski definition) is 1. The van der Waals surface area contributed by atoms with E-state index in [4.69, 9.17) is 9.47 Å². The minimum absolute atomic E-state index is 0.132. The van der Waals surface area contributed by atoms with Gasteiger partial charge in [0.05, 0.1) is 13.2 Å². The van der Waals surface area contributed by atoms with Crippen molar-refractivity contribution in [3.05, 3.63) is 54.2 Å². The average molecular weight is 356 g/mol. The fourth-order valence-electron chi connectivity index (χ4n) is 2.69. The molecule has 1 aromatic heterocycles. The van der Waals surface area contributed by atoms with Gasteiger partial charge in [0.15, 0.2) is 0 Å². The third-order valence-electron chi connectivity index (χ3n) is 3.86. The number of ether oxygens (including phenoxy) is 2. The SMILES string of the molecule is CCOC(=O)CC(C)Cc1cccc(OCCCNc2ccccn2)c1. The highest BCUT2D eigenvalue weighted by Crippen LogP contribution is 2.18. The summed E-state index contributed by atoms with van der Waals surface area (Å²) in [5.74, 6) is 1.86. The van der Waals surface area contributed by atoms with Crippen LogP contribution in [0.4, 0.5) is 5.82 Å². The van der Waals surface area contributed by atoms with Gasteiger partial charge in [0.1, 0.15) is 11.6 Å². The van der Waals surface area contributed by atoms with E-state index in [0.717, 1.165) is 31.0 Å². The minimum atomic E-state index is -0.132. The summed E-state index contributed by atoms with van der Waals surface area (Å²) < 4.78 is 10.8. The number of carbonyl (C=O) groups is 1. The van der Waals surface area contributed by atoms with Crippen LogP contribution in [-0.4, -0.2) is 30.7 Å². The minimum Gasteiger partial charge on any atom is -0.494 e. The lowest BCUT2D eigenvalue weighted by Gasteiger charge is -2.12. The number of aromatic nitrogens is 1. The number of pyridine rings is 1. The van der Waals surface area contributed by atoms with Crippen LogP contribution in [0, 0.1) is 5.92 Å². The molecule has 0 saturated carbocycles. The zero-order valence-electron chi connectivity index (χ0n) is 15.6. The highest BCUT2D eigenvalue weighted by atomic mass is 16.5. The molecule has 0 fully saturated rings. The second-order valence-corrected chi connectivity index (χ2v) is 6.31. The summed E-state index contributed by atoms with van der Waals surface area (Å²) in [6, 6.07) is 13.9. The van der Waals surface area contributed by atoms with Gasteiger partial charge in [-0.2, -0.15) is 0 Å². The van der Waals surface area contributed by atoms with E-state index in [2.05, 4.69) is 23.3 Å². The zero-order chi connectivity index (χ0) is 18.6. The normalized spacial score (nSPS) is 11.6. The topological polar surface area (TPSA) is 60.5 Å². The molecule has 1 heterocycles. The number of hydrogen-bond acceptors (Lipinski definition) is 5. The first-order valence-electron chi connectivity index (χ1n) is 9.19. The number of esters is 1. The lowest BCUT2D eigenvalue weighted by molar-refractivity contribution is -0.144. The molecule has 1 aromatic carbocycles. The Labute approximate surface area is 155 Å². The number of benzene rings is 1. The van der Waals surface area contributed by atoms with Gasteiger partial charge >= 0.3 is 5.97 Å². The molecule has 0 radical (unpaired) electrons. The maximum Gasteiger partial charge on any atom is 0.306 e. The first kappa shape index (κ1) is 19.8. The Morgan fingerprint density at radius 3 is 2.88 bits per heavy atom. The molecule has 0 aliphatic carbocycles. The first-order chi connectivity index (χ1) is 12.7. The molecule has 0 bridgehead atoms. The van der Waals surface area contributed by atoms with E-state index in [1.54, 1.807) is 6.20 Å². The Morgan fingerprint density at radius 1 is 1.23 bits per heavy atom. The molecule has 0 aliphatic rings. The van der Waals surface area contributed by atoms with E-state index in [1.807, 2.05) is 43.3 Å². The van der Waals surface area contributed by atoms with Crippen molar-refractivity contribution in [3.63, 3.8) is 0 Å². The van der Waals surface area contributed by atoms with Crippen molar-refractivity contribution in [3.8, 4) is 5.75 Å². The molecule has 5 heteroatoms. The summed E-state index contributed by atoms with van der Waals surface area (Å²) in [5, 5.41) is 3.26. The van der Waals surface area contributed by atoms with E-state index in [1.165, 1.54) is 5.56 Å². The van der Waals surface area contributed by atoms with Gasteiger partial charge in [-0.3, -0.25) is 4.79 Å². The number of nitrogens with one attached hydrogen (secondary N) is 1. The van der Waals surface area contributed by atoms with Crippen molar-refractivity contribution in [1.82, 2.24) is 4.98 Å². The maximum absolute atomic E-state index is 11.6. The third-order valence-corrected chi connectivity index (χ3v) is 3.86. The molecular formula is C21H28N2O3. The van der Waals surface area contributed by atoms with Gasteiger partial charge < -0.3 is 14.8 Å². The fraction of sp³-hybridized carbons (Fsp3) is 0.429. The quantitative estimate of drug-likeness (QED) is 0.485. The predicted octanol–water partition coefficient (Wildman–Crippen LogP) is 4.09. The molecule has 0 saturated heterocycles. The van der Waals surface area contributed by atoms with Gasteiger partial charge in [-0.1, -0.05) is 25.1 Å². The fourth-order valence-corrected chi connectivity index (χ4v) is 2.69. The van der Waals surface area contributed by atoms with Crippen molar-refractivity contribution in [2.45, 2.75) is 33.1 Å². The van der Waals surface area contributed by atoms with Crippen molar-refractivity contribution in [2.75, 3.05) is 25.1 Å². The Morgan fingerprint density at radius 2 is 2.12 bits per heavy atom. The summed E-state index contributed by atoms with van der Waals surface area (Å²) in [7, 11) is 0. The summed E-state index contributed by atoms with van der Waals surface area (Å²) in [6.45, 7) is 5.78. The monoisotopic (exact) mass is 356 g/mol.